The molecule has 0 aliphatic carbocycles. The van der Waals surface area contributed by atoms with E-state index in [1.807, 2.05) is 54.6 Å². The Bertz CT molecular complexity index is 846. The van der Waals surface area contributed by atoms with Crippen molar-refractivity contribution in [3.05, 3.63) is 60.2 Å². The number of para-hydroxylation sites is 1. The number of nitrogens with zero attached hydrogens (tertiary/aromatic N) is 4. The summed E-state index contributed by atoms with van der Waals surface area (Å²) in [6, 6.07) is 17.7. The van der Waals surface area contributed by atoms with Gasteiger partial charge >= 0.3 is 0 Å². The average molecular weight is 367 g/mol. The van der Waals surface area contributed by atoms with Crippen molar-refractivity contribution in [1.82, 2.24) is 20.2 Å². The number of benzene rings is 2. The first-order valence-corrected chi connectivity index (χ1v) is 9.48. The topological polar surface area (TPSA) is 72.7 Å². The molecule has 1 heterocycles. The number of hydrogen-bond acceptors (Lipinski definition) is 5. The van der Waals surface area contributed by atoms with Gasteiger partial charge in [-0.2, -0.15) is 4.68 Å². The van der Waals surface area contributed by atoms with Crippen LogP contribution in [0.4, 0.5) is 5.69 Å². The van der Waals surface area contributed by atoms with E-state index in [-0.39, 0.29) is 5.91 Å². The molecular formula is C19H21N5OS. The minimum absolute atomic E-state index is 0.0199. The van der Waals surface area contributed by atoms with Crippen molar-refractivity contribution in [2.45, 2.75) is 31.3 Å². The molecule has 3 rings (SSSR count). The van der Waals surface area contributed by atoms with Crippen molar-refractivity contribution in [3.63, 3.8) is 0 Å². The lowest BCUT2D eigenvalue weighted by atomic mass is 10.0. The summed E-state index contributed by atoms with van der Waals surface area (Å²) < 4.78 is 1.67. The molecule has 2 aromatic carbocycles. The normalized spacial score (nSPS) is 10.9. The summed E-state index contributed by atoms with van der Waals surface area (Å²) in [5, 5.41) is 15.4. The van der Waals surface area contributed by atoms with Crippen LogP contribution in [0.15, 0.2) is 59.8 Å². The fourth-order valence-corrected chi connectivity index (χ4v) is 3.24. The smallest absolute Gasteiger partial charge is 0.225 e. The zero-order valence-corrected chi connectivity index (χ0v) is 15.6. The van der Waals surface area contributed by atoms with Crippen LogP contribution in [-0.4, -0.2) is 31.9 Å². The largest absolute Gasteiger partial charge is 0.326 e. The molecule has 3 aromatic rings. The van der Waals surface area contributed by atoms with E-state index in [1.54, 1.807) is 4.68 Å². The van der Waals surface area contributed by atoms with E-state index in [0.717, 1.165) is 11.4 Å². The van der Waals surface area contributed by atoms with Crippen LogP contribution in [0, 0.1) is 0 Å². The van der Waals surface area contributed by atoms with Crippen molar-refractivity contribution in [3.8, 4) is 5.69 Å². The number of thioether (sulfide) groups is 1. The van der Waals surface area contributed by atoms with Crippen LogP contribution < -0.4 is 5.32 Å². The van der Waals surface area contributed by atoms with Crippen molar-refractivity contribution < 1.29 is 4.79 Å². The molecule has 0 saturated carbocycles. The van der Waals surface area contributed by atoms with Gasteiger partial charge in [0.2, 0.25) is 11.1 Å². The van der Waals surface area contributed by atoms with Gasteiger partial charge in [0.15, 0.2) is 0 Å². The molecule has 26 heavy (non-hydrogen) atoms. The number of rotatable bonds is 7. The molecule has 0 saturated heterocycles. The second kappa shape index (κ2) is 8.62. The molecule has 1 aromatic heterocycles. The Labute approximate surface area is 157 Å². The molecule has 0 bridgehead atoms. The van der Waals surface area contributed by atoms with Gasteiger partial charge in [0, 0.05) is 17.9 Å². The lowest BCUT2D eigenvalue weighted by Crippen LogP contribution is -2.12. The van der Waals surface area contributed by atoms with Crippen molar-refractivity contribution in [2.75, 3.05) is 11.1 Å². The summed E-state index contributed by atoms with van der Waals surface area (Å²) in [5.74, 6) is 1.06. The molecular weight excluding hydrogens is 346 g/mol. The first-order chi connectivity index (χ1) is 12.6. The van der Waals surface area contributed by atoms with Crippen molar-refractivity contribution >= 4 is 23.4 Å². The highest BCUT2D eigenvalue weighted by Crippen LogP contribution is 2.20. The summed E-state index contributed by atoms with van der Waals surface area (Å²) in [5.41, 5.74) is 2.97. The second-order valence-electron chi connectivity index (χ2n) is 6.13. The van der Waals surface area contributed by atoms with Gasteiger partial charge in [0.25, 0.3) is 0 Å². The number of aromatic nitrogens is 4. The van der Waals surface area contributed by atoms with Gasteiger partial charge in [0.1, 0.15) is 0 Å². The minimum atomic E-state index is -0.0199. The van der Waals surface area contributed by atoms with E-state index in [1.165, 1.54) is 17.3 Å². The number of amides is 1. The van der Waals surface area contributed by atoms with E-state index in [0.29, 0.717) is 23.2 Å². The molecule has 0 aliphatic heterocycles. The molecule has 1 N–H and O–H groups in total. The molecule has 0 aliphatic rings. The first-order valence-electron chi connectivity index (χ1n) is 8.50. The summed E-state index contributed by atoms with van der Waals surface area (Å²) in [4.78, 5) is 12.1. The average Bonchev–Trinajstić information content (AvgIpc) is 3.11. The first kappa shape index (κ1) is 18.1. The van der Waals surface area contributed by atoms with Gasteiger partial charge in [0.05, 0.1) is 5.69 Å². The van der Waals surface area contributed by atoms with E-state index < -0.39 is 0 Å². The lowest BCUT2D eigenvalue weighted by molar-refractivity contribution is -0.115. The highest BCUT2D eigenvalue weighted by molar-refractivity contribution is 7.99. The minimum Gasteiger partial charge on any atom is -0.326 e. The van der Waals surface area contributed by atoms with Gasteiger partial charge in [-0.25, -0.2) is 0 Å². The predicted octanol–water partition coefficient (Wildman–Crippen LogP) is 3.91. The van der Waals surface area contributed by atoms with Gasteiger partial charge in [-0.3, -0.25) is 4.79 Å². The third kappa shape index (κ3) is 4.70. The molecule has 7 heteroatoms. The number of hydrogen-bond donors (Lipinski definition) is 1. The summed E-state index contributed by atoms with van der Waals surface area (Å²) in [6.45, 7) is 4.29. The van der Waals surface area contributed by atoms with Crippen LogP contribution >= 0.6 is 11.8 Å². The molecule has 0 fully saturated rings. The fraction of sp³-hybridized carbons (Fsp3) is 0.263. The molecule has 134 valence electrons. The van der Waals surface area contributed by atoms with Crippen LogP contribution in [0.1, 0.15) is 31.7 Å². The zero-order chi connectivity index (χ0) is 18.4. The molecule has 6 nitrogen and oxygen atoms in total. The maximum Gasteiger partial charge on any atom is 0.225 e. The summed E-state index contributed by atoms with van der Waals surface area (Å²) in [7, 11) is 0. The van der Waals surface area contributed by atoms with Crippen LogP contribution in [0.3, 0.4) is 0 Å². The molecule has 0 unspecified atom stereocenters. The second-order valence-corrected chi connectivity index (χ2v) is 7.19. The Morgan fingerprint density at radius 3 is 2.54 bits per heavy atom. The fourth-order valence-electron chi connectivity index (χ4n) is 2.41. The molecule has 0 spiro atoms. The highest BCUT2D eigenvalue weighted by atomic mass is 32.2. The third-order valence-corrected chi connectivity index (χ3v) is 4.78. The maximum absolute atomic E-state index is 12.1. The Kier molecular flexibility index (Phi) is 6.01. The number of nitrogens with one attached hydrogen (secondary N) is 1. The van der Waals surface area contributed by atoms with Gasteiger partial charge in [-0.15, -0.1) is 5.10 Å². The lowest BCUT2D eigenvalue weighted by Gasteiger charge is -2.08. The van der Waals surface area contributed by atoms with Gasteiger partial charge in [-0.05, 0) is 46.2 Å². The van der Waals surface area contributed by atoms with Crippen molar-refractivity contribution in [1.29, 1.82) is 0 Å². The number of carbonyl (C=O) groups excluding carboxylic acids is 1. The number of tetrazole rings is 1. The Hall–Kier alpha value is -2.67. The molecule has 0 radical (unpaired) electrons. The van der Waals surface area contributed by atoms with E-state index >= 15 is 0 Å². The van der Waals surface area contributed by atoms with Gasteiger partial charge in [-0.1, -0.05) is 55.9 Å². The Morgan fingerprint density at radius 2 is 1.85 bits per heavy atom. The maximum atomic E-state index is 12.1. The standard InChI is InChI=1S/C19H21N5OS/c1-14(2)15-8-10-16(11-9-15)20-18(25)12-13-26-19-21-22-23-24(19)17-6-4-3-5-7-17/h3-11,14H,12-13H2,1-2H3,(H,20,25). The van der Waals surface area contributed by atoms with E-state index in [4.69, 9.17) is 0 Å². The van der Waals surface area contributed by atoms with Crippen molar-refractivity contribution in [2.24, 2.45) is 0 Å². The molecule has 1 amide bonds. The van der Waals surface area contributed by atoms with Crippen LogP contribution in [0.5, 0.6) is 0 Å². The van der Waals surface area contributed by atoms with E-state index in [2.05, 4.69) is 34.7 Å². The monoisotopic (exact) mass is 367 g/mol. The number of anilines is 1. The quantitative estimate of drug-likeness (QED) is 0.641. The number of carbonyl (C=O) groups is 1. The summed E-state index contributed by atoms with van der Waals surface area (Å²) >= 11 is 1.46. The van der Waals surface area contributed by atoms with E-state index in [9.17, 15) is 4.79 Å². The van der Waals surface area contributed by atoms with Crippen LogP contribution in [0.2, 0.25) is 0 Å². The predicted molar refractivity (Wildman–Crippen MR) is 104 cm³/mol. The Morgan fingerprint density at radius 1 is 1.12 bits per heavy atom. The zero-order valence-electron chi connectivity index (χ0n) is 14.8. The third-order valence-electron chi connectivity index (χ3n) is 3.86. The SMILES string of the molecule is CC(C)c1ccc(NC(=O)CCSc2nnnn2-c2ccccc2)cc1. The van der Waals surface area contributed by atoms with Gasteiger partial charge < -0.3 is 5.32 Å². The van der Waals surface area contributed by atoms with Crippen LogP contribution in [0.25, 0.3) is 5.69 Å². The molecule has 0 atom stereocenters. The highest BCUT2D eigenvalue weighted by Gasteiger charge is 2.10. The van der Waals surface area contributed by atoms with Crippen LogP contribution in [-0.2, 0) is 4.79 Å². The summed E-state index contributed by atoms with van der Waals surface area (Å²) in [6.07, 6.45) is 0.387. The Balaban J connectivity index is 1.51.